The molecular formula is C60H75B2Cl3N16O6S2-. The number of anilines is 9. The molecule has 2 fully saturated rings. The number of sulfone groups is 2. The molecule has 2 aliphatic heterocycles. The van der Waals surface area contributed by atoms with Crippen molar-refractivity contribution < 1.29 is 26.3 Å². The van der Waals surface area contributed by atoms with Gasteiger partial charge in [-0.3, -0.25) is 19.9 Å². The average molecular weight is 1310 g/mol. The first-order valence-corrected chi connectivity index (χ1v) is 33.9. The van der Waals surface area contributed by atoms with E-state index < -0.39 is 19.7 Å². The third-order valence-electron chi connectivity index (χ3n) is 15.2. The summed E-state index contributed by atoms with van der Waals surface area (Å²) >= 11 is 18.3. The van der Waals surface area contributed by atoms with Gasteiger partial charge in [0.15, 0.2) is 31.3 Å². The molecule has 89 heavy (non-hydrogen) atoms. The summed E-state index contributed by atoms with van der Waals surface area (Å²) in [5, 5.41) is 10.0. The lowest BCUT2D eigenvalue weighted by Gasteiger charge is -2.37. The second-order valence-corrected chi connectivity index (χ2v) is 27.2. The van der Waals surface area contributed by atoms with Gasteiger partial charge in [-0.1, -0.05) is 37.0 Å². The number of nitrogen functional groups attached to an aromatic ring is 1. The highest BCUT2D eigenvalue weighted by Gasteiger charge is 2.26. The van der Waals surface area contributed by atoms with Crippen molar-refractivity contribution in [3.63, 3.8) is 0 Å². The van der Waals surface area contributed by atoms with Gasteiger partial charge in [-0.25, -0.2) is 26.8 Å². The van der Waals surface area contributed by atoms with Crippen LogP contribution in [0.2, 0.25) is 15.3 Å². The number of nitrogens with zero attached hydrogens (tertiary/aromatic N) is 12. The number of piperidine rings is 2. The zero-order valence-corrected chi connectivity index (χ0v) is 55.6. The Morgan fingerprint density at radius 2 is 1.02 bits per heavy atom. The van der Waals surface area contributed by atoms with Crippen LogP contribution in [0.25, 0.3) is 22.1 Å². The summed E-state index contributed by atoms with van der Waals surface area (Å²) < 4.78 is 59.4. The molecule has 0 amide bonds. The largest absolute Gasteiger partial charge is 0.693 e. The molecule has 10 rings (SSSR count). The molecule has 0 aliphatic carbocycles. The van der Waals surface area contributed by atoms with E-state index in [9.17, 15) is 16.8 Å². The van der Waals surface area contributed by atoms with Crippen LogP contribution in [0.5, 0.6) is 11.5 Å². The predicted molar refractivity (Wildman–Crippen MR) is 364 cm³/mol. The lowest BCUT2D eigenvalue weighted by molar-refractivity contribution is 0.249. The number of methoxy groups -OCH3 is 2. The predicted octanol–water partition coefficient (Wildman–Crippen LogP) is 9.83. The molecule has 0 spiro atoms. The van der Waals surface area contributed by atoms with Crippen molar-refractivity contribution in [2.45, 2.75) is 76.0 Å². The van der Waals surface area contributed by atoms with Crippen LogP contribution >= 0.6 is 34.8 Å². The number of aromatic nitrogens is 8. The summed E-state index contributed by atoms with van der Waals surface area (Å²) in [4.78, 5) is 43.5. The number of nitrogens with two attached hydrogens (primary N) is 1. The van der Waals surface area contributed by atoms with E-state index in [1.807, 2.05) is 0 Å². The van der Waals surface area contributed by atoms with Crippen molar-refractivity contribution in [3.8, 4) is 11.5 Å². The standard InChI is InChI=1S/C30H37ClN8O3S.C16H27N3O.C14H11Cl2N5O2S.B2/c1-6-19-15-25(27(42-4)16-26(19)39-13-9-20(10-14-39)38(2)3)36-30-34-17-22(31)29(37-30)35-23-7-8-24-28(33-12-11-32-24)21(23)18-43(5,40)41;1-5-12-10-14(17)16(20-4)11-15(12)19-8-6-13(7-9-19)18(2)3;1-24(22,23)7-8-10(2-3-11-12(8)18-5-4-17-11)20-13-9(15)6-19-14(16)21-13;1-2/h7-8,11-12,15-17,20H,6,9-10,13-14,18H2,1-5H3,(H2,34,35,36,37);10-11,13H,5-9,17H2,1-4H3;2-6H,7H2,1H3,(H,19,20,21);/q;;;-1. The molecule has 4 aromatic heterocycles. The molecule has 6 heterocycles. The fourth-order valence-electron chi connectivity index (χ4n) is 10.7. The fraction of sp³-hybridized carbons (Fsp3) is 0.400. The average Bonchev–Trinajstić information content (AvgIpc) is 1.04. The second-order valence-electron chi connectivity index (χ2n) is 21.7. The normalized spacial score (nSPS) is 13.9. The van der Waals surface area contributed by atoms with E-state index in [0.717, 1.165) is 75.2 Å². The van der Waals surface area contributed by atoms with E-state index in [2.05, 4.69) is 157 Å². The highest BCUT2D eigenvalue weighted by molar-refractivity contribution is 7.90. The maximum absolute atomic E-state index is 12.3. The van der Waals surface area contributed by atoms with Crippen LogP contribution < -0.4 is 41.0 Å². The van der Waals surface area contributed by atoms with Gasteiger partial charge in [0.2, 0.25) is 11.2 Å². The van der Waals surface area contributed by atoms with E-state index in [1.54, 1.807) is 50.9 Å². The topological polar surface area (TPSA) is 265 Å². The molecule has 471 valence electrons. The number of benzene rings is 4. The maximum Gasteiger partial charge on any atom is 0.229 e. The molecule has 2 saturated heterocycles. The zero-order chi connectivity index (χ0) is 64.7. The van der Waals surface area contributed by atoms with Gasteiger partial charge in [0.05, 0.1) is 71.6 Å². The SMILES string of the molecule is CCc1cc(N)c(OC)cc1N1CCC(N(C)C)CC1.CCc1cc(Nc2ncc(Cl)c(Nc3ccc4nccnc4c3CS(C)(=O)=O)n2)c(OC)cc1N1CCC(N(C)C)CC1.CS(=O)(=O)Cc1c(Nc2nc(Cl)ncc2Cl)ccc2nccnc12.[B][B-]. The summed E-state index contributed by atoms with van der Waals surface area (Å²) in [7, 11) is 13.3. The molecule has 8 aromatic rings. The van der Waals surface area contributed by atoms with Crippen molar-refractivity contribution in [2.75, 3.05) is 113 Å². The summed E-state index contributed by atoms with van der Waals surface area (Å²) in [6.45, 7) is 8.50. The number of halogens is 3. The van der Waals surface area contributed by atoms with Crippen LogP contribution in [0, 0.1) is 0 Å². The fourth-order valence-corrected chi connectivity index (χ4v) is 12.7. The van der Waals surface area contributed by atoms with Crippen molar-refractivity contribution in [1.29, 1.82) is 0 Å². The zero-order valence-electron chi connectivity index (χ0n) is 51.7. The van der Waals surface area contributed by atoms with Gasteiger partial charge in [-0.15, -0.1) is 0 Å². The molecule has 22 nitrogen and oxygen atoms in total. The van der Waals surface area contributed by atoms with E-state index >= 15 is 0 Å². The molecule has 0 bridgehead atoms. The van der Waals surface area contributed by atoms with Crippen molar-refractivity contribution in [2.24, 2.45) is 0 Å². The first kappa shape index (κ1) is 69.4. The van der Waals surface area contributed by atoms with Crippen LogP contribution in [-0.4, -0.2) is 175 Å². The minimum Gasteiger partial charge on any atom is -0.693 e. The Hall–Kier alpha value is -7.06. The summed E-state index contributed by atoms with van der Waals surface area (Å²) in [6.07, 6.45) is 17.8. The van der Waals surface area contributed by atoms with Crippen LogP contribution in [-0.2, 0) is 44.0 Å². The highest BCUT2D eigenvalue weighted by Crippen LogP contribution is 2.39. The van der Waals surface area contributed by atoms with Crippen LogP contribution in [0.4, 0.5) is 51.7 Å². The maximum atomic E-state index is 12.3. The molecule has 5 radical (unpaired) electrons. The molecule has 4 aromatic carbocycles. The molecule has 0 unspecified atom stereocenters. The number of hydrogen-bond acceptors (Lipinski definition) is 22. The van der Waals surface area contributed by atoms with E-state index in [-0.39, 0.29) is 32.7 Å². The highest BCUT2D eigenvalue weighted by atomic mass is 35.5. The molecular weight excluding hydrogens is 1230 g/mol. The first-order chi connectivity index (χ1) is 42.5. The Bertz CT molecular complexity index is 3960. The van der Waals surface area contributed by atoms with Gasteiger partial charge >= 0.3 is 0 Å². The number of fused-ring (bicyclic) bond motifs is 2. The molecule has 2 aliphatic rings. The number of aryl methyl sites for hydroxylation is 2. The first-order valence-electron chi connectivity index (χ1n) is 28.6. The summed E-state index contributed by atoms with van der Waals surface area (Å²) in [5.41, 5.74) is 16.6. The molecule has 0 atom stereocenters. The van der Waals surface area contributed by atoms with Gasteiger partial charge in [-0.2, -0.15) is 9.97 Å². The Morgan fingerprint density at radius 1 is 0.596 bits per heavy atom. The quantitative estimate of drug-likeness (QED) is 0.0354. The third kappa shape index (κ3) is 18.5. The minimum atomic E-state index is -3.38. The Labute approximate surface area is 539 Å². The van der Waals surface area contributed by atoms with Crippen LogP contribution in [0.1, 0.15) is 61.8 Å². The molecule has 29 heteroatoms. The number of nitrogens with one attached hydrogen (secondary N) is 3. The van der Waals surface area contributed by atoms with Crippen molar-refractivity contribution >= 4 is 144 Å². The Kier molecular flexibility index (Phi) is 24.6. The minimum absolute atomic E-state index is 0.0205. The smallest absolute Gasteiger partial charge is 0.229 e. The van der Waals surface area contributed by atoms with Crippen molar-refractivity contribution in [1.82, 2.24) is 49.7 Å². The number of hydrogen-bond donors (Lipinski definition) is 4. The lowest BCUT2D eigenvalue weighted by Crippen LogP contribution is -2.42. The van der Waals surface area contributed by atoms with E-state index in [0.29, 0.717) is 74.2 Å². The van der Waals surface area contributed by atoms with Gasteiger partial charge in [0.1, 0.15) is 21.5 Å². The van der Waals surface area contributed by atoms with Crippen LogP contribution in [0.15, 0.2) is 85.7 Å². The second kappa shape index (κ2) is 31.6. The summed E-state index contributed by atoms with van der Waals surface area (Å²) in [5.74, 6) is 1.92. The molecule has 0 saturated carbocycles. The van der Waals surface area contributed by atoms with E-state index in [1.165, 1.54) is 66.4 Å². The lowest BCUT2D eigenvalue weighted by atomic mass is 9.81. The Balaban J connectivity index is 0.000000206. The third-order valence-corrected chi connectivity index (χ3v) is 17.5. The van der Waals surface area contributed by atoms with Crippen LogP contribution in [0.3, 0.4) is 0 Å². The summed E-state index contributed by atoms with van der Waals surface area (Å²) in [6, 6.07) is 16.6. The molecule has 5 N–H and O–H groups in total. The number of rotatable bonds is 18. The number of ether oxygens (including phenoxy) is 2. The van der Waals surface area contributed by atoms with Gasteiger partial charge in [0.25, 0.3) is 0 Å². The van der Waals surface area contributed by atoms with Crippen molar-refractivity contribution in [3.05, 3.63) is 123 Å². The van der Waals surface area contributed by atoms with E-state index in [4.69, 9.17) is 50.0 Å². The Morgan fingerprint density at radius 3 is 1.46 bits per heavy atom. The van der Waals surface area contributed by atoms with Gasteiger partial charge in [-0.05, 0) is 126 Å². The van der Waals surface area contributed by atoms with Gasteiger partial charge in [0, 0.05) is 122 Å². The van der Waals surface area contributed by atoms with Gasteiger partial charge < -0.3 is 66.2 Å². The monoisotopic (exact) mass is 1310 g/mol.